The van der Waals surface area contributed by atoms with Gasteiger partial charge in [0, 0.05) is 5.56 Å². The number of benzene rings is 4. The van der Waals surface area contributed by atoms with Gasteiger partial charge in [0.15, 0.2) is 11.5 Å². The maximum Gasteiger partial charge on any atom is 0.166 e. The number of phenolic OH excluding ortho intramolecular Hbond substituents is 1. The molecule has 130 valence electrons. The smallest absolute Gasteiger partial charge is 0.166 e. The number of hydrogen-bond acceptors (Lipinski definition) is 2. The molecular weight excluding hydrogens is 320 g/mol. The summed E-state index contributed by atoms with van der Waals surface area (Å²) in [4.78, 5) is 0. The predicted molar refractivity (Wildman–Crippen MR) is 109 cm³/mol. The summed E-state index contributed by atoms with van der Waals surface area (Å²) in [6.45, 7) is 2.74. The van der Waals surface area contributed by atoms with Crippen LogP contribution in [0.4, 0.5) is 0 Å². The van der Waals surface area contributed by atoms with Crippen molar-refractivity contribution in [2.24, 2.45) is 0 Å². The normalized spacial score (nSPS) is 11.1. The third-order valence-corrected chi connectivity index (χ3v) is 4.80. The lowest BCUT2D eigenvalue weighted by Crippen LogP contribution is -1.98. The topological polar surface area (TPSA) is 29.5 Å². The molecule has 0 atom stereocenters. The van der Waals surface area contributed by atoms with Crippen molar-refractivity contribution >= 4 is 21.5 Å². The van der Waals surface area contributed by atoms with Crippen molar-refractivity contribution in [3.63, 3.8) is 0 Å². The predicted octanol–water partition coefficient (Wildman–Crippen LogP) is 6.54. The van der Waals surface area contributed by atoms with Gasteiger partial charge in [0.2, 0.25) is 0 Å². The Morgan fingerprint density at radius 2 is 1.50 bits per heavy atom. The largest absolute Gasteiger partial charge is 0.504 e. The van der Waals surface area contributed by atoms with E-state index in [4.69, 9.17) is 4.74 Å². The van der Waals surface area contributed by atoms with E-state index in [0.29, 0.717) is 12.4 Å². The van der Waals surface area contributed by atoms with E-state index < -0.39 is 0 Å². The Morgan fingerprint density at radius 1 is 0.808 bits per heavy atom. The van der Waals surface area contributed by atoms with Crippen LogP contribution in [-0.4, -0.2) is 11.7 Å². The fraction of sp³-hybridized carbons (Fsp3) is 0.167. The summed E-state index contributed by atoms with van der Waals surface area (Å²) in [5.74, 6) is 0.774. The van der Waals surface area contributed by atoms with Crippen LogP contribution in [0.25, 0.3) is 32.7 Å². The van der Waals surface area contributed by atoms with Gasteiger partial charge in [-0.3, -0.25) is 0 Å². The molecular formula is C24H22O2. The molecule has 0 aliphatic heterocycles. The first-order valence-electron chi connectivity index (χ1n) is 9.15. The molecule has 4 rings (SSSR count). The Morgan fingerprint density at radius 3 is 2.31 bits per heavy atom. The lowest BCUT2D eigenvalue weighted by Gasteiger charge is -2.16. The summed E-state index contributed by atoms with van der Waals surface area (Å²) < 4.78 is 5.91. The summed E-state index contributed by atoms with van der Waals surface area (Å²) in [5.41, 5.74) is 1.86. The molecule has 0 amide bonds. The molecule has 0 unspecified atom stereocenters. The quantitative estimate of drug-likeness (QED) is 0.417. The molecule has 0 aliphatic rings. The third kappa shape index (κ3) is 2.88. The second kappa shape index (κ2) is 7.09. The van der Waals surface area contributed by atoms with Crippen molar-refractivity contribution in [2.75, 3.05) is 6.61 Å². The standard InChI is InChI=1S/C24H22O2/c1-2-3-15-26-22-16-18-10-5-7-13-20(18)23(24(22)25)21-14-8-11-17-9-4-6-12-19(17)21/h4-14,16,25H,2-3,15H2,1H3. The lowest BCUT2D eigenvalue weighted by molar-refractivity contribution is 0.294. The van der Waals surface area contributed by atoms with E-state index in [-0.39, 0.29) is 5.75 Å². The second-order valence-corrected chi connectivity index (χ2v) is 6.55. The molecule has 2 heteroatoms. The Kier molecular flexibility index (Phi) is 4.49. The summed E-state index contributed by atoms with van der Waals surface area (Å²) in [7, 11) is 0. The maximum absolute atomic E-state index is 11.1. The second-order valence-electron chi connectivity index (χ2n) is 6.55. The van der Waals surface area contributed by atoms with E-state index >= 15 is 0 Å². The number of phenols is 1. The fourth-order valence-corrected chi connectivity index (χ4v) is 3.46. The molecule has 0 bridgehead atoms. The Hall–Kier alpha value is -3.00. The van der Waals surface area contributed by atoms with Gasteiger partial charge in [0.05, 0.1) is 6.61 Å². The molecule has 0 radical (unpaired) electrons. The van der Waals surface area contributed by atoms with Gasteiger partial charge < -0.3 is 9.84 Å². The van der Waals surface area contributed by atoms with Crippen LogP contribution >= 0.6 is 0 Å². The zero-order valence-electron chi connectivity index (χ0n) is 14.9. The average molecular weight is 342 g/mol. The van der Waals surface area contributed by atoms with Crippen molar-refractivity contribution < 1.29 is 9.84 Å². The van der Waals surface area contributed by atoms with Crippen LogP contribution in [0.2, 0.25) is 0 Å². The van der Waals surface area contributed by atoms with E-state index in [9.17, 15) is 5.11 Å². The van der Waals surface area contributed by atoms with Crippen LogP contribution in [0.5, 0.6) is 11.5 Å². The molecule has 26 heavy (non-hydrogen) atoms. The number of hydrogen-bond donors (Lipinski definition) is 1. The van der Waals surface area contributed by atoms with Crippen LogP contribution < -0.4 is 4.74 Å². The minimum atomic E-state index is 0.219. The van der Waals surface area contributed by atoms with Crippen LogP contribution in [0.15, 0.2) is 72.8 Å². The van der Waals surface area contributed by atoms with Crippen LogP contribution in [0.3, 0.4) is 0 Å². The lowest BCUT2D eigenvalue weighted by atomic mass is 9.93. The van der Waals surface area contributed by atoms with Gasteiger partial charge in [0.25, 0.3) is 0 Å². The van der Waals surface area contributed by atoms with Gasteiger partial charge in [-0.2, -0.15) is 0 Å². The Balaban J connectivity index is 1.99. The molecule has 0 saturated carbocycles. The molecule has 2 nitrogen and oxygen atoms in total. The van der Waals surface area contributed by atoms with Crippen molar-refractivity contribution in [2.45, 2.75) is 19.8 Å². The summed E-state index contributed by atoms with van der Waals surface area (Å²) in [6, 6.07) is 24.6. The van der Waals surface area contributed by atoms with Crippen molar-refractivity contribution in [1.82, 2.24) is 0 Å². The minimum absolute atomic E-state index is 0.219. The highest BCUT2D eigenvalue weighted by atomic mass is 16.5. The molecule has 0 saturated heterocycles. The number of fused-ring (bicyclic) bond motifs is 2. The van der Waals surface area contributed by atoms with Crippen molar-refractivity contribution in [3.05, 3.63) is 72.8 Å². The van der Waals surface area contributed by atoms with Crippen molar-refractivity contribution in [3.8, 4) is 22.6 Å². The van der Waals surface area contributed by atoms with Gasteiger partial charge >= 0.3 is 0 Å². The van der Waals surface area contributed by atoms with Gasteiger partial charge in [-0.25, -0.2) is 0 Å². The highest BCUT2D eigenvalue weighted by Gasteiger charge is 2.17. The molecule has 0 spiro atoms. The van der Waals surface area contributed by atoms with Gasteiger partial charge in [-0.15, -0.1) is 0 Å². The summed E-state index contributed by atoms with van der Waals surface area (Å²) in [6.07, 6.45) is 2.03. The van der Waals surface area contributed by atoms with E-state index in [1.807, 2.05) is 36.4 Å². The van der Waals surface area contributed by atoms with E-state index in [1.165, 1.54) is 0 Å². The summed E-state index contributed by atoms with van der Waals surface area (Å²) in [5, 5.41) is 15.5. The van der Waals surface area contributed by atoms with Gasteiger partial charge in [-0.05, 0) is 39.6 Å². The van der Waals surface area contributed by atoms with Gasteiger partial charge in [0.1, 0.15) is 0 Å². The minimum Gasteiger partial charge on any atom is -0.504 e. The van der Waals surface area contributed by atoms with Crippen LogP contribution in [-0.2, 0) is 0 Å². The van der Waals surface area contributed by atoms with E-state index in [0.717, 1.165) is 45.5 Å². The number of ether oxygens (including phenoxy) is 1. The van der Waals surface area contributed by atoms with Crippen LogP contribution in [0, 0.1) is 0 Å². The first kappa shape index (κ1) is 16.5. The van der Waals surface area contributed by atoms with Crippen molar-refractivity contribution in [1.29, 1.82) is 0 Å². The number of rotatable bonds is 5. The summed E-state index contributed by atoms with van der Waals surface area (Å²) >= 11 is 0. The number of unbranched alkanes of at least 4 members (excludes halogenated alkanes) is 1. The SMILES string of the molecule is CCCCOc1cc2ccccc2c(-c2cccc3ccccc23)c1O. The molecule has 0 heterocycles. The fourth-order valence-electron chi connectivity index (χ4n) is 3.46. The molecule has 4 aromatic carbocycles. The zero-order chi connectivity index (χ0) is 17.9. The van der Waals surface area contributed by atoms with E-state index in [1.54, 1.807) is 0 Å². The zero-order valence-corrected chi connectivity index (χ0v) is 14.9. The molecule has 0 aliphatic carbocycles. The first-order chi connectivity index (χ1) is 12.8. The Bertz CT molecular complexity index is 1060. The monoisotopic (exact) mass is 342 g/mol. The maximum atomic E-state index is 11.1. The van der Waals surface area contributed by atoms with Gasteiger partial charge in [-0.1, -0.05) is 80.1 Å². The first-order valence-corrected chi connectivity index (χ1v) is 9.15. The molecule has 1 N–H and O–H groups in total. The molecule has 4 aromatic rings. The highest BCUT2D eigenvalue weighted by Crippen LogP contribution is 2.45. The van der Waals surface area contributed by atoms with E-state index in [2.05, 4.69) is 43.3 Å². The Labute approximate surface area is 153 Å². The number of aromatic hydroxyl groups is 1. The van der Waals surface area contributed by atoms with Crippen LogP contribution in [0.1, 0.15) is 19.8 Å². The average Bonchev–Trinajstić information content (AvgIpc) is 2.68. The highest BCUT2D eigenvalue weighted by molar-refractivity contribution is 6.08. The third-order valence-electron chi connectivity index (χ3n) is 4.80. The molecule has 0 aromatic heterocycles. The molecule has 0 fully saturated rings.